The van der Waals surface area contributed by atoms with E-state index in [-0.39, 0.29) is 5.97 Å². The van der Waals surface area contributed by atoms with E-state index in [4.69, 9.17) is 4.74 Å². The highest BCUT2D eigenvalue weighted by molar-refractivity contribution is 6.07. The maximum absolute atomic E-state index is 12.8. The summed E-state index contributed by atoms with van der Waals surface area (Å²) in [4.78, 5) is 12.8. The lowest BCUT2D eigenvalue weighted by atomic mass is 9.99. The highest BCUT2D eigenvalue weighted by Crippen LogP contribution is 2.36. The Morgan fingerprint density at radius 2 is 1.41 bits per heavy atom. The van der Waals surface area contributed by atoms with Crippen molar-refractivity contribution in [2.75, 3.05) is 0 Å². The van der Waals surface area contributed by atoms with Gasteiger partial charge in [0, 0.05) is 10.8 Å². The van der Waals surface area contributed by atoms with E-state index in [1.165, 1.54) is 11.1 Å². The van der Waals surface area contributed by atoms with E-state index in [9.17, 15) is 4.79 Å². The van der Waals surface area contributed by atoms with Crippen molar-refractivity contribution in [3.05, 3.63) is 89.5 Å². The van der Waals surface area contributed by atoms with Gasteiger partial charge >= 0.3 is 5.97 Å². The first-order valence-corrected chi connectivity index (χ1v) is 9.45. The lowest BCUT2D eigenvalue weighted by molar-refractivity contribution is 0.0739. The Balaban J connectivity index is 1.85. The summed E-state index contributed by atoms with van der Waals surface area (Å²) in [5.41, 5.74) is 3.00. The third-order valence-corrected chi connectivity index (χ3v) is 5.08. The quantitative estimate of drug-likeness (QED) is 0.243. The van der Waals surface area contributed by atoms with E-state index in [2.05, 4.69) is 44.2 Å². The van der Waals surface area contributed by atoms with Gasteiger partial charge in [0.05, 0.1) is 5.56 Å². The van der Waals surface area contributed by atoms with Gasteiger partial charge in [-0.15, -0.1) is 0 Å². The van der Waals surface area contributed by atoms with Crippen molar-refractivity contribution in [2.24, 2.45) is 0 Å². The summed E-state index contributed by atoms with van der Waals surface area (Å²) >= 11 is 0. The van der Waals surface area contributed by atoms with Crippen LogP contribution in [0.5, 0.6) is 5.75 Å². The molecule has 0 spiro atoms. The molecule has 0 unspecified atom stereocenters. The molecule has 0 saturated carbocycles. The van der Waals surface area contributed by atoms with Gasteiger partial charge in [0.25, 0.3) is 0 Å². The zero-order chi connectivity index (χ0) is 18.8. The molecule has 0 amide bonds. The maximum atomic E-state index is 12.8. The molecule has 0 radical (unpaired) electrons. The summed E-state index contributed by atoms with van der Waals surface area (Å²) in [7, 11) is 0. The molecular formula is C25H22O2. The first kappa shape index (κ1) is 17.3. The van der Waals surface area contributed by atoms with Crippen LogP contribution >= 0.6 is 0 Å². The van der Waals surface area contributed by atoms with Gasteiger partial charge in [0.2, 0.25) is 0 Å². The van der Waals surface area contributed by atoms with Crippen LogP contribution in [0.15, 0.2) is 72.8 Å². The minimum Gasteiger partial charge on any atom is -0.422 e. The molecule has 0 aromatic heterocycles. The van der Waals surface area contributed by atoms with Crippen LogP contribution in [0.1, 0.15) is 35.3 Å². The first-order chi connectivity index (χ1) is 13.2. The second-order valence-corrected chi connectivity index (χ2v) is 6.78. The minimum absolute atomic E-state index is 0.322. The monoisotopic (exact) mass is 354 g/mol. The molecule has 0 fully saturated rings. The van der Waals surface area contributed by atoms with Gasteiger partial charge in [0.1, 0.15) is 5.75 Å². The normalized spacial score (nSPS) is 11.0. The highest BCUT2D eigenvalue weighted by Gasteiger charge is 2.15. The molecule has 2 nitrogen and oxygen atoms in total. The SMILES string of the molecule is CCc1ccc(C(=O)Oc2c3ccccc3cc3ccc(CC)cc23)cc1. The molecule has 0 aliphatic heterocycles. The number of carbonyl (C=O) groups is 1. The lowest BCUT2D eigenvalue weighted by Gasteiger charge is -2.13. The topological polar surface area (TPSA) is 26.3 Å². The fraction of sp³-hybridized carbons (Fsp3) is 0.160. The van der Waals surface area contributed by atoms with Gasteiger partial charge in [-0.25, -0.2) is 4.79 Å². The molecular weight excluding hydrogens is 332 g/mol. The second kappa shape index (κ2) is 7.24. The number of aryl methyl sites for hydroxylation is 2. The van der Waals surface area contributed by atoms with Gasteiger partial charge in [-0.2, -0.15) is 0 Å². The summed E-state index contributed by atoms with van der Waals surface area (Å²) in [6.07, 6.45) is 1.89. The Kier molecular flexibility index (Phi) is 4.64. The summed E-state index contributed by atoms with van der Waals surface area (Å²) in [6, 6.07) is 24.2. The van der Waals surface area contributed by atoms with Crippen LogP contribution < -0.4 is 4.74 Å². The molecule has 0 saturated heterocycles. The number of hydrogen-bond acceptors (Lipinski definition) is 2. The number of rotatable bonds is 4. The van der Waals surface area contributed by atoms with Crippen LogP contribution in [-0.2, 0) is 12.8 Å². The van der Waals surface area contributed by atoms with Crippen molar-refractivity contribution in [1.82, 2.24) is 0 Å². The number of fused-ring (bicyclic) bond motifs is 2. The Morgan fingerprint density at radius 1 is 0.741 bits per heavy atom. The molecule has 0 N–H and O–H groups in total. The number of ether oxygens (including phenoxy) is 1. The van der Waals surface area contributed by atoms with Crippen molar-refractivity contribution >= 4 is 27.5 Å². The van der Waals surface area contributed by atoms with Gasteiger partial charge in [-0.1, -0.05) is 62.4 Å². The minimum atomic E-state index is -0.322. The Labute approximate surface area is 159 Å². The van der Waals surface area contributed by atoms with Crippen molar-refractivity contribution in [2.45, 2.75) is 26.7 Å². The Hall–Kier alpha value is -3.13. The van der Waals surface area contributed by atoms with Crippen molar-refractivity contribution in [3.63, 3.8) is 0 Å². The van der Waals surface area contributed by atoms with Gasteiger partial charge in [-0.3, -0.25) is 0 Å². The second-order valence-electron chi connectivity index (χ2n) is 6.78. The number of esters is 1. The summed E-state index contributed by atoms with van der Waals surface area (Å²) < 4.78 is 5.96. The van der Waals surface area contributed by atoms with Crippen LogP contribution in [0, 0.1) is 0 Å². The molecule has 0 atom stereocenters. The van der Waals surface area contributed by atoms with Crippen LogP contribution in [-0.4, -0.2) is 5.97 Å². The third kappa shape index (κ3) is 3.31. The van der Waals surface area contributed by atoms with E-state index in [1.807, 2.05) is 42.5 Å². The fourth-order valence-electron chi connectivity index (χ4n) is 3.43. The van der Waals surface area contributed by atoms with E-state index in [1.54, 1.807) is 0 Å². The van der Waals surface area contributed by atoms with Crippen LogP contribution in [0.3, 0.4) is 0 Å². The van der Waals surface area contributed by atoms with Crippen LogP contribution in [0.4, 0.5) is 0 Å². The molecule has 134 valence electrons. The van der Waals surface area contributed by atoms with E-state index in [0.29, 0.717) is 11.3 Å². The highest BCUT2D eigenvalue weighted by atomic mass is 16.5. The number of carbonyl (C=O) groups excluding carboxylic acids is 1. The van der Waals surface area contributed by atoms with Gasteiger partial charge in [0.15, 0.2) is 0 Å². The van der Waals surface area contributed by atoms with Gasteiger partial charge in [-0.05, 0) is 59.0 Å². The first-order valence-electron chi connectivity index (χ1n) is 9.45. The molecule has 0 aliphatic carbocycles. The zero-order valence-electron chi connectivity index (χ0n) is 15.7. The number of benzene rings is 4. The Morgan fingerprint density at radius 3 is 2.15 bits per heavy atom. The third-order valence-electron chi connectivity index (χ3n) is 5.08. The van der Waals surface area contributed by atoms with E-state index in [0.717, 1.165) is 34.4 Å². The maximum Gasteiger partial charge on any atom is 0.343 e. The van der Waals surface area contributed by atoms with Crippen LogP contribution in [0.2, 0.25) is 0 Å². The molecule has 2 heteroatoms. The largest absolute Gasteiger partial charge is 0.422 e. The van der Waals surface area contributed by atoms with E-state index >= 15 is 0 Å². The molecule has 0 aliphatic rings. The average Bonchev–Trinajstić information content (AvgIpc) is 2.73. The molecule has 4 aromatic carbocycles. The predicted octanol–water partition coefficient (Wildman–Crippen LogP) is 6.34. The lowest BCUT2D eigenvalue weighted by Crippen LogP contribution is -2.09. The van der Waals surface area contributed by atoms with Gasteiger partial charge < -0.3 is 4.74 Å². The fourth-order valence-corrected chi connectivity index (χ4v) is 3.43. The van der Waals surface area contributed by atoms with Crippen molar-refractivity contribution < 1.29 is 9.53 Å². The average molecular weight is 354 g/mol. The summed E-state index contributed by atoms with van der Waals surface area (Å²) in [5, 5.41) is 4.08. The standard InChI is InChI=1S/C25H22O2/c1-3-17-9-12-19(13-10-17)25(26)27-24-22-8-6-5-7-20(22)16-21-14-11-18(4-2)15-23(21)24/h5-16H,3-4H2,1-2H3. The zero-order valence-corrected chi connectivity index (χ0v) is 15.7. The van der Waals surface area contributed by atoms with E-state index < -0.39 is 0 Å². The van der Waals surface area contributed by atoms with Crippen molar-refractivity contribution in [1.29, 1.82) is 0 Å². The van der Waals surface area contributed by atoms with Crippen LogP contribution in [0.25, 0.3) is 21.5 Å². The molecule has 4 aromatic rings. The molecule has 4 rings (SSSR count). The molecule has 27 heavy (non-hydrogen) atoms. The number of hydrogen-bond donors (Lipinski definition) is 0. The Bertz CT molecular complexity index is 1120. The molecule has 0 bridgehead atoms. The smallest absolute Gasteiger partial charge is 0.343 e. The predicted molar refractivity (Wildman–Crippen MR) is 112 cm³/mol. The summed E-state index contributed by atoms with van der Waals surface area (Å²) in [6.45, 7) is 4.23. The van der Waals surface area contributed by atoms with Crippen molar-refractivity contribution in [3.8, 4) is 5.75 Å². The molecule has 0 heterocycles. The summed E-state index contributed by atoms with van der Waals surface area (Å²) in [5.74, 6) is 0.320.